The predicted molar refractivity (Wildman–Crippen MR) is 97.9 cm³/mol. The summed E-state index contributed by atoms with van der Waals surface area (Å²) in [5, 5.41) is 0. The molecule has 2 aliphatic rings. The van der Waals surface area contributed by atoms with E-state index in [0.717, 1.165) is 36.1 Å². The monoisotopic (exact) mass is 410 g/mol. The Balaban J connectivity index is 0.000000241. The van der Waals surface area contributed by atoms with Crippen LogP contribution < -0.4 is 11.5 Å². The van der Waals surface area contributed by atoms with Gasteiger partial charge in [-0.3, -0.25) is 0 Å². The summed E-state index contributed by atoms with van der Waals surface area (Å²) in [6, 6.07) is 8.21. The quantitative estimate of drug-likeness (QED) is 0.720. The van der Waals surface area contributed by atoms with E-state index in [1.165, 1.54) is 12.1 Å². The summed E-state index contributed by atoms with van der Waals surface area (Å²) in [7, 11) is 0. The van der Waals surface area contributed by atoms with E-state index in [0.29, 0.717) is 0 Å². The van der Waals surface area contributed by atoms with Crippen molar-refractivity contribution in [2.45, 2.75) is 36.8 Å². The minimum absolute atomic E-state index is 0. The Kier molecular flexibility index (Phi) is 7.89. The molecular formula is C18H20Cl2F4N2. The van der Waals surface area contributed by atoms with Crippen molar-refractivity contribution in [2.75, 3.05) is 0 Å². The van der Waals surface area contributed by atoms with Gasteiger partial charge in [0.15, 0.2) is 23.3 Å². The summed E-state index contributed by atoms with van der Waals surface area (Å²) in [4.78, 5) is 0. The van der Waals surface area contributed by atoms with Crippen LogP contribution in [0.2, 0.25) is 0 Å². The fourth-order valence-electron chi connectivity index (χ4n) is 2.68. The first kappa shape index (κ1) is 22.7. The van der Waals surface area contributed by atoms with Gasteiger partial charge in [-0.05, 0) is 48.2 Å². The molecule has 0 aliphatic heterocycles. The number of hydrogen-bond acceptors (Lipinski definition) is 2. The third kappa shape index (κ3) is 5.33. The maximum atomic E-state index is 12.7. The van der Waals surface area contributed by atoms with E-state index in [4.69, 9.17) is 11.5 Å². The summed E-state index contributed by atoms with van der Waals surface area (Å²) in [5.41, 5.74) is 12.8. The second-order valence-corrected chi connectivity index (χ2v) is 6.36. The number of rotatable bonds is 2. The van der Waals surface area contributed by atoms with Gasteiger partial charge in [0.2, 0.25) is 0 Å². The summed E-state index contributed by atoms with van der Waals surface area (Å²) in [6.45, 7) is 0. The van der Waals surface area contributed by atoms with Crippen LogP contribution in [0.25, 0.3) is 0 Å². The molecule has 0 aromatic heterocycles. The zero-order valence-electron chi connectivity index (χ0n) is 13.7. The first-order chi connectivity index (χ1) is 11.4. The largest absolute Gasteiger partial charge is 0.327 e. The van der Waals surface area contributed by atoms with Crippen LogP contribution in [0, 0.1) is 23.3 Å². The van der Waals surface area contributed by atoms with E-state index in [-0.39, 0.29) is 48.7 Å². The Morgan fingerprint density at radius 3 is 1.15 bits per heavy atom. The van der Waals surface area contributed by atoms with Crippen LogP contribution in [0.1, 0.15) is 35.8 Å². The normalized spacial score (nSPS) is 25.2. The first-order valence-corrected chi connectivity index (χ1v) is 7.78. The molecule has 0 amide bonds. The molecule has 144 valence electrons. The zero-order chi connectivity index (χ0) is 17.4. The molecule has 2 fully saturated rings. The molecule has 0 bridgehead atoms. The highest BCUT2D eigenvalue weighted by Gasteiger charge is 2.35. The zero-order valence-corrected chi connectivity index (χ0v) is 15.3. The van der Waals surface area contributed by atoms with Gasteiger partial charge < -0.3 is 11.5 Å². The third-order valence-electron chi connectivity index (χ3n) is 4.42. The van der Waals surface area contributed by atoms with Crippen LogP contribution in [0.15, 0.2) is 36.4 Å². The van der Waals surface area contributed by atoms with E-state index in [2.05, 4.69) is 0 Å². The van der Waals surface area contributed by atoms with Gasteiger partial charge in [-0.2, -0.15) is 0 Å². The molecule has 4 N–H and O–H groups in total. The van der Waals surface area contributed by atoms with Crippen molar-refractivity contribution in [3.63, 3.8) is 0 Å². The molecule has 0 radical (unpaired) electrons. The Hall–Kier alpha value is -1.34. The average Bonchev–Trinajstić information content (AvgIpc) is 3.44. The minimum atomic E-state index is -0.798. The lowest BCUT2D eigenvalue weighted by molar-refractivity contribution is 0.507. The molecule has 4 rings (SSSR count). The van der Waals surface area contributed by atoms with Crippen LogP contribution in [0.4, 0.5) is 17.6 Å². The maximum absolute atomic E-state index is 12.7. The van der Waals surface area contributed by atoms with E-state index in [1.807, 2.05) is 0 Å². The second-order valence-electron chi connectivity index (χ2n) is 6.36. The molecule has 2 aliphatic carbocycles. The van der Waals surface area contributed by atoms with Crippen molar-refractivity contribution in [2.24, 2.45) is 11.5 Å². The van der Waals surface area contributed by atoms with Crippen molar-refractivity contribution in [1.29, 1.82) is 0 Å². The van der Waals surface area contributed by atoms with Gasteiger partial charge in [-0.25, -0.2) is 17.6 Å². The molecule has 4 atom stereocenters. The van der Waals surface area contributed by atoms with E-state index < -0.39 is 23.3 Å². The number of halogens is 6. The highest BCUT2D eigenvalue weighted by atomic mass is 35.5. The fraction of sp³-hybridized carbons (Fsp3) is 0.333. The van der Waals surface area contributed by atoms with Crippen molar-refractivity contribution in [3.05, 3.63) is 70.8 Å². The molecule has 0 unspecified atom stereocenters. The van der Waals surface area contributed by atoms with Crippen LogP contribution in [0.3, 0.4) is 0 Å². The third-order valence-corrected chi connectivity index (χ3v) is 4.42. The van der Waals surface area contributed by atoms with Crippen molar-refractivity contribution in [3.8, 4) is 0 Å². The van der Waals surface area contributed by atoms with Crippen LogP contribution in [-0.2, 0) is 0 Å². The number of benzene rings is 2. The van der Waals surface area contributed by atoms with E-state index in [1.54, 1.807) is 12.1 Å². The molecular weight excluding hydrogens is 391 g/mol. The van der Waals surface area contributed by atoms with Crippen LogP contribution in [-0.4, -0.2) is 12.1 Å². The Labute approximate surface area is 161 Å². The summed E-state index contributed by atoms with van der Waals surface area (Å²) in [6.07, 6.45) is 1.76. The van der Waals surface area contributed by atoms with Gasteiger partial charge in [-0.1, -0.05) is 12.1 Å². The van der Waals surface area contributed by atoms with Gasteiger partial charge in [0.05, 0.1) is 0 Å². The summed E-state index contributed by atoms with van der Waals surface area (Å²) in [5.74, 6) is -2.70. The topological polar surface area (TPSA) is 52.0 Å². The molecule has 2 aromatic carbocycles. The molecule has 0 saturated heterocycles. The smallest absolute Gasteiger partial charge is 0.159 e. The Morgan fingerprint density at radius 2 is 0.923 bits per heavy atom. The molecule has 26 heavy (non-hydrogen) atoms. The highest BCUT2D eigenvalue weighted by molar-refractivity contribution is 5.85. The van der Waals surface area contributed by atoms with Gasteiger partial charge >= 0.3 is 0 Å². The SMILES string of the molecule is Cl.Cl.N[C@@H]1C[C@H]1c1ccc(F)c(F)c1.N[C@H]1C[C@@H]1c1ccc(F)c(F)c1. The molecule has 0 heterocycles. The molecule has 2 saturated carbocycles. The van der Waals surface area contributed by atoms with Crippen molar-refractivity contribution >= 4 is 24.8 Å². The lowest BCUT2D eigenvalue weighted by Crippen LogP contribution is -2.01. The Bertz CT molecular complexity index is 696. The maximum Gasteiger partial charge on any atom is 0.159 e. The standard InChI is InChI=1S/2C9H9F2N.2ClH/c2*10-7-2-1-5(3-8(7)11)6-4-9(6)12;;/h2*1-3,6,9H,4,12H2;2*1H/t2*6-,9+;;/m10../s1. The molecule has 0 spiro atoms. The number of hydrogen-bond donors (Lipinski definition) is 2. The van der Waals surface area contributed by atoms with Crippen molar-refractivity contribution < 1.29 is 17.6 Å². The molecule has 2 aromatic rings. The summed E-state index contributed by atoms with van der Waals surface area (Å²) < 4.78 is 50.3. The Morgan fingerprint density at radius 1 is 0.615 bits per heavy atom. The second kappa shape index (κ2) is 9.04. The molecule has 8 heteroatoms. The van der Waals surface area contributed by atoms with E-state index in [9.17, 15) is 17.6 Å². The van der Waals surface area contributed by atoms with Crippen molar-refractivity contribution in [1.82, 2.24) is 0 Å². The highest BCUT2D eigenvalue weighted by Crippen LogP contribution is 2.39. The average molecular weight is 411 g/mol. The predicted octanol–water partition coefficient (Wildman–Crippen LogP) is 4.40. The fourth-order valence-corrected chi connectivity index (χ4v) is 2.68. The van der Waals surface area contributed by atoms with Gasteiger partial charge in [0.25, 0.3) is 0 Å². The first-order valence-electron chi connectivity index (χ1n) is 7.78. The van der Waals surface area contributed by atoms with Crippen LogP contribution >= 0.6 is 24.8 Å². The lowest BCUT2D eigenvalue weighted by atomic mass is 10.1. The lowest BCUT2D eigenvalue weighted by Gasteiger charge is -1.98. The van der Waals surface area contributed by atoms with Gasteiger partial charge in [-0.15, -0.1) is 24.8 Å². The van der Waals surface area contributed by atoms with Crippen LogP contribution in [0.5, 0.6) is 0 Å². The number of nitrogens with two attached hydrogens (primary N) is 2. The van der Waals surface area contributed by atoms with E-state index >= 15 is 0 Å². The van der Waals surface area contributed by atoms with Gasteiger partial charge in [0.1, 0.15) is 0 Å². The summed E-state index contributed by atoms with van der Waals surface area (Å²) >= 11 is 0. The minimum Gasteiger partial charge on any atom is -0.327 e. The molecule has 2 nitrogen and oxygen atoms in total. The van der Waals surface area contributed by atoms with Gasteiger partial charge in [0, 0.05) is 23.9 Å².